The summed E-state index contributed by atoms with van der Waals surface area (Å²) < 4.78 is 5.84. The minimum atomic E-state index is 0.392. The first-order valence-corrected chi connectivity index (χ1v) is 9.36. The number of pyridine rings is 1. The van der Waals surface area contributed by atoms with Crippen molar-refractivity contribution in [1.29, 1.82) is 0 Å². The Balaban J connectivity index is 1.25. The lowest BCUT2D eigenvalue weighted by Crippen LogP contribution is -2.41. The van der Waals surface area contributed by atoms with Gasteiger partial charge in [0.05, 0.1) is 12.1 Å². The van der Waals surface area contributed by atoms with Gasteiger partial charge < -0.3 is 4.42 Å². The van der Waals surface area contributed by atoms with Crippen molar-refractivity contribution in [2.75, 3.05) is 13.1 Å². The highest BCUT2D eigenvalue weighted by molar-refractivity contribution is 5.49. The zero-order valence-electron chi connectivity index (χ0n) is 14.8. The fourth-order valence-corrected chi connectivity index (χ4v) is 4.54. The van der Waals surface area contributed by atoms with Crippen LogP contribution in [-0.2, 0) is 18.4 Å². The number of piperidine rings is 1. The summed E-state index contributed by atoms with van der Waals surface area (Å²) in [5.41, 5.74) is 4.41. The predicted molar refractivity (Wildman–Crippen MR) is 98.5 cm³/mol. The summed E-state index contributed by atoms with van der Waals surface area (Å²) in [5, 5.41) is 8.39. The summed E-state index contributed by atoms with van der Waals surface area (Å²) in [4.78, 5) is 6.54. The summed E-state index contributed by atoms with van der Waals surface area (Å²) in [6.45, 7) is 2.89. The van der Waals surface area contributed by atoms with E-state index in [0.29, 0.717) is 17.2 Å². The maximum atomic E-state index is 5.84. The molecule has 1 spiro atoms. The van der Waals surface area contributed by atoms with E-state index < -0.39 is 0 Å². The van der Waals surface area contributed by atoms with E-state index >= 15 is 0 Å². The Hall–Kier alpha value is -2.53. The number of hydrogen-bond donors (Lipinski definition) is 0. The molecule has 0 bridgehead atoms. The van der Waals surface area contributed by atoms with Crippen molar-refractivity contribution in [1.82, 2.24) is 20.1 Å². The molecule has 2 aromatic heterocycles. The Morgan fingerprint density at radius 3 is 2.73 bits per heavy atom. The summed E-state index contributed by atoms with van der Waals surface area (Å²) in [6, 6.07) is 12.8. The molecule has 0 radical (unpaired) electrons. The zero-order valence-corrected chi connectivity index (χ0v) is 14.8. The van der Waals surface area contributed by atoms with Gasteiger partial charge in [0.2, 0.25) is 11.8 Å². The van der Waals surface area contributed by atoms with Crippen LogP contribution >= 0.6 is 0 Å². The van der Waals surface area contributed by atoms with E-state index in [9.17, 15) is 0 Å². The fourth-order valence-electron chi connectivity index (χ4n) is 4.54. The molecule has 3 heterocycles. The third-order valence-electron chi connectivity index (χ3n) is 6.01. The van der Waals surface area contributed by atoms with Gasteiger partial charge in [0.1, 0.15) is 0 Å². The Morgan fingerprint density at radius 1 is 1.00 bits per heavy atom. The van der Waals surface area contributed by atoms with Crippen molar-refractivity contribution in [2.24, 2.45) is 0 Å². The molecule has 0 N–H and O–H groups in total. The van der Waals surface area contributed by atoms with Crippen LogP contribution in [0.3, 0.4) is 0 Å². The first kappa shape index (κ1) is 15.7. The van der Waals surface area contributed by atoms with Gasteiger partial charge in [0.25, 0.3) is 0 Å². The molecule has 0 unspecified atom stereocenters. The van der Waals surface area contributed by atoms with E-state index in [1.54, 1.807) is 23.5 Å². The average molecular weight is 346 g/mol. The second-order valence-corrected chi connectivity index (χ2v) is 7.46. The molecule has 5 nitrogen and oxygen atoms in total. The maximum absolute atomic E-state index is 5.84. The Morgan fingerprint density at radius 2 is 1.88 bits per heavy atom. The summed E-state index contributed by atoms with van der Waals surface area (Å²) >= 11 is 0. The molecule has 0 saturated carbocycles. The van der Waals surface area contributed by atoms with Gasteiger partial charge in [0, 0.05) is 12.4 Å². The van der Waals surface area contributed by atoms with Gasteiger partial charge in [-0.1, -0.05) is 24.3 Å². The lowest BCUT2D eigenvalue weighted by molar-refractivity contribution is 0.142. The number of hydrogen-bond acceptors (Lipinski definition) is 5. The van der Waals surface area contributed by atoms with Crippen LogP contribution in [0, 0.1) is 0 Å². The highest BCUT2D eigenvalue weighted by atomic mass is 16.4. The van der Waals surface area contributed by atoms with E-state index in [4.69, 9.17) is 4.42 Å². The first-order valence-electron chi connectivity index (χ1n) is 9.36. The SMILES string of the molecule is c1cncc(-c2nnc(CN3CCC4(CCc5ccccc54)CC3)o2)c1. The Kier molecular flexibility index (Phi) is 3.82. The van der Waals surface area contributed by atoms with Crippen LogP contribution in [0.15, 0.2) is 53.2 Å². The van der Waals surface area contributed by atoms with Crippen molar-refractivity contribution >= 4 is 0 Å². The first-order chi connectivity index (χ1) is 12.8. The van der Waals surface area contributed by atoms with Crippen molar-refractivity contribution < 1.29 is 4.42 Å². The van der Waals surface area contributed by atoms with E-state index in [1.807, 2.05) is 12.1 Å². The standard InChI is InChI=1S/C21H22N4O/c1-2-6-18-16(4-1)7-8-21(18)9-12-25(13-10-21)15-19-23-24-20(26-19)17-5-3-11-22-14-17/h1-6,11,14H,7-10,12-13,15H2. The van der Waals surface area contributed by atoms with Gasteiger partial charge in [-0.2, -0.15) is 0 Å². The third-order valence-corrected chi connectivity index (χ3v) is 6.01. The summed E-state index contributed by atoms with van der Waals surface area (Å²) in [5.74, 6) is 1.23. The predicted octanol–water partition coefficient (Wildman–Crippen LogP) is 3.61. The number of likely N-dealkylation sites (tertiary alicyclic amines) is 1. The fraction of sp³-hybridized carbons (Fsp3) is 0.381. The van der Waals surface area contributed by atoms with Gasteiger partial charge in [0.15, 0.2) is 0 Å². The molecule has 5 rings (SSSR count). The zero-order chi connectivity index (χ0) is 17.4. The molecule has 0 atom stereocenters. The van der Waals surface area contributed by atoms with Gasteiger partial charge in [-0.05, 0) is 67.4 Å². The van der Waals surface area contributed by atoms with Gasteiger partial charge >= 0.3 is 0 Å². The maximum Gasteiger partial charge on any atom is 0.249 e. The molecule has 5 heteroatoms. The van der Waals surface area contributed by atoms with Crippen molar-refractivity contribution in [3.05, 3.63) is 65.8 Å². The van der Waals surface area contributed by atoms with Crippen LogP contribution in [0.25, 0.3) is 11.5 Å². The van der Waals surface area contributed by atoms with Crippen LogP contribution in [0.1, 0.15) is 36.3 Å². The molecule has 132 valence electrons. The molecule has 1 saturated heterocycles. The molecule has 1 aliphatic carbocycles. The minimum absolute atomic E-state index is 0.392. The summed E-state index contributed by atoms with van der Waals surface area (Å²) in [6.07, 6.45) is 8.45. The van der Waals surface area contributed by atoms with Gasteiger partial charge in [-0.3, -0.25) is 9.88 Å². The van der Waals surface area contributed by atoms with E-state index in [-0.39, 0.29) is 0 Å². The molecule has 1 fully saturated rings. The second-order valence-electron chi connectivity index (χ2n) is 7.46. The number of fused-ring (bicyclic) bond motifs is 2. The largest absolute Gasteiger partial charge is 0.419 e. The monoisotopic (exact) mass is 346 g/mol. The van der Waals surface area contributed by atoms with Gasteiger partial charge in [-0.15, -0.1) is 10.2 Å². The Bertz CT molecular complexity index is 897. The lowest BCUT2D eigenvalue weighted by atomic mass is 9.74. The van der Waals surface area contributed by atoms with Crippen LogP contribution in [0.2, 0.25) is 0 Å². The average Bonchev–Trinajstić information content (AvgIpc) is 3.31. The molecular formula is C21H22N4O. The quantitative estimate of drug-likeness (QED) is 0.725. The molecule has 2 aliphatic rings. The smallest absolute Gasteiger partial charge is 0.249 e. The molecule has 0 amide bonds. The van der Waals surface area contributed by atoms with Gasteiger partial charge in [-0.25, -0.2) is 0 Å². The van der Waals surface area contributed by atoms with Crippen molar-refractivity contribution in [2.45, 2.75) is 37.6 Å². The summed E-state index contributed by atoms with van der Waals surface area (Å²) in [7, 11) is 0. The van der Waals surface area contributed by atoms with Crippen LogP contribution in [0.5, 0.6) is 0 Å². The van der Waals surface area contributed by atoms with E-state index in [0.717, 1.165) is 25.2 Å². The lowest BCUT2D eigenvalue weighted by Gasteiger charge is -2.39. The van der Waals surface area contributed by atoms with Crippen molar-refractivity contribution in [3.8, 4) is 11.5 Å². The normalized spacial score (nSPS) is 18.9. The number of nitrogens with zero attached hydrogens (tertiary/aromatic N) is 4. The number of aromatic nitrogens is 3. The third kappa shape index (κ3) is 2.72. The molecule has 3 aromatic rings. The Labute approximate surface area is 153 Å². The highest BCUT2D eigenvalue weighted by Gasteiger charge is 2.40. The molecule has 1 aromatic carbocycles. The number of rotatable bonds is 3. The van der Waals surface area contributed by atoms with Crippen molar-refractivity contribution in [3.63, 3.8) is 0 Å². The molecule has 26 heavy (non-hydrogen) atoms. The number of benzene rings is 1. The minimum Gasteiger partial charge on any atom is -0.419 e. The number of aryl methyl sites for hydroxylation is 1. The molecular weight excluding hydrogens is 324 g/mol. The van der Waals surface area contributed by atoms with E-state index in [1.165, 1.54) is 25.7 Å². The highest BCUT2D eigenvalue weighted by Crippen LogP contribution is 2.46. The van der Waals surface area contributed by atoms with Crippen LogP contribution in [0.4, 0.5) is 0 Å². The topological polar surface area (TPSA) is 55.1 Å². The molecule has 1 aliphatic heterocycles. The second kappa shape index (κ2) is 6.32. The van der Waals surface area contributed by atoms with Crippen LogP contribution in [-0.4, -0.2) is 33.2 Å². The van der Waals surface area contributed by atoms with Crippen LogP contribution < -0.4 is 0 Å². The van der Waals surface area contributed by atoms with E-state index in [2.05, 4.69) is 44.3 Å².